The maximum Gasteiger partial charge on any atom is 0.165 e. The van der Waals surface area contributed by atoms with Crippen LogP contribution < -0.4 is 4.74 Å². The zero-order chi connectivity index (χ0) is 13.1. The zero-order valence-electron chi connectivity index (χ0n) is 9.73. The molecule has 1 N–H and O–H groups in total. The molecule has 0 radical (unpaired) electrons. The summed E-state index contributed by atoms with van der Waals surface area (Å²) in [6.07, 6.45) is -0.900. The van der Waals surface area contributed by atoms with Gasteiger partial charge in [-0.05, 0) is 37.3 Å². The molecule has 0 heterocycles. The van der Waals surface area contributed by atoms with Crippen LogP contribution in [0.1, 0.15) is 18.6 Å². The predicted octanol–water partition coefficient (Wildman–Crippen LogP) is 3.81. The highest BCUT2D eigenvalue weighted by Gasteiger charge is 2.12. The molecule has 2 rings (SSSR count). The summed E-state index contributed by atoms with van der Waals surface area (Å²) in [6, 6.07) is 9.63. The molecule has 0 aliphatic heterocycles. The Morgan fingerprint density at radius 2 is 1.78 bits per heavy atom. The average Bonchev–Trinajstić information content (AvgIpc) is 2.34. The van der Waals surface area contributed by atoms with E-state index in [4.69, 9.17) is 4.74 Å². The van der Waals surface area contributed by atoms with Gasteiger partial charge in [0, 0.05) is 5.56 Å². The van der Waals surface area contributed by atoms with Crippen molar-refractivity contribution in [1.82, 2.24) is 0 Å². The number of para-hydroxylation sites is 1. The molecule has 0 aliphatic carbocycles. The SMILES string of the molecule is CC(O)c1cc(F)ccc1Oc1ccccc1F. The lowest BCUT2D eigenvalue weighted by atomic mass is 10.1. The maximum atomic E-state index is 13.4. The summed E-state index contributed by atoms with van der Waals surface area (Å²) in [5.74, 6) is -0.729. The first-order valence-electron chi connectivity index (χ1n) is 5.48. The molecule has 4 heteroatoms. The molecule has 2 aromatic rings. The quantitative estimate of drug-likeness (QED) is 0.897. The Bertz CT molecular complexity index is 553. The van der Waals surface area contributed by atoms with E-state index in [1.807, 2.05) is 0 Å². The van der Waals surface area contributed by atoms with Gasteiger partial charge in [0.1, 0.15) is 11.6 Å². The van der Waals surface area contributed by atoms with Crippen LogP contribution in [0, 0.1) is 11.6 Å². The van der Waals surface area contributed by atoms with Gasteiger partial charge in [-0.25, -0.2) is 8.78 Å². The number of aliphatic hydroxyl groups is 1. The Balaban J connectivity index is 2.37. The van der Waals surface area contributed by atoms with Crippen LogP contribution in [0.5, 0.6) is 11.5 Å². The molecule has 0 bridgehead atoms. The smallest absolute Gasteiger partial charge is 0.165 e. The molecule has 2 aromatic carbocycles. The number of ether oxygens (including phenoxy) is 1. The molecule has 0 saturated heterocycles. The number of hydrogen-bond acceptors (Lipinski definition) is 2. The monoisotopic (exact) mass is 250 g/mol. The molecule has 0 aromatic heterocycles. The summed E-state index contributed by atoms with van der Waals surface area (Å²) in [4.78, 5) is 0. The van der Waals surface area contributed by atoms with Crippen LogP contribution in [-0.2, 0) is 0 Å². The zero-order valence-corrected chi connectivity index (χ0v) is 9.73. The van der Waals surface area contributed by atoms with Crippen molar-refractivity contribution in [2.75, 3.05) is 0 Å². The van der Waals surface area contributed by atoms with Gasteiger partial charge in [-0.3, -0.25) is 0 Å². The Labute approximate surface area is 103 Å². The fraction of sp³-hybridized carbons (Fsp3) is 0.143. The van der Waals surface area contributed by atoms with Crippen LogP contribution in [0.3, 0.4) is 0 Å². The summed E-state index contributed by atoms with van der Waals surface area (Å²) >= 11 is 0. The first kappa shape index (κ1) is 12.5. The summed E-state index contributed by atoms with van der Waals surface area (Å²) in [7, 11) is 0. The van der Waals surface area contributed by atoms with E-state index in [2.05, 4.69) is 0 Å². The first-order valence-corrected chi connectivity index (χ1v) is 5.48. The molecule has 0 fully saturated rings. The highest BCUT2D eigenvalue weighted by Crippen LogP contribution is 2.31. The second kappa shape index (κ2) is 5.14. The number of halogens is 2. The van der Waals surface area contributed by atoms with Crippen molar-refractivity contribution < 1.29 is 18.6 Å². The largest absolute Gasteiger partial charge is 0.454 e. The van der Waals surface area contributed by atoms with E-state index in [9.17, 15) is 13.9 Å². The van der Waals surface area contributed by atoms with Crippen molar-refractivity contribution >= 4 is 0 Å². The van der Waals surface area contributed by atoms with Crippen LogP contribution in [0.25, 0.3) is 0 Å². The molecule has 1 atom stereocenters. The minimum atomic E-state index is -0.900. The molecular weight excluding hydrogens is 238 g/mol. The second-order valence-electron chi connectivity index (χ2n) is 3.89. The van der Waals surface area contributed by atoms with Crippen molar-refractivity contribution in [3.05, 3.63) is 59.7 Å². The molecule has 18 heavy (non-hydrogen) atoms. The van der Waals surface area contributed by atoms with E-state index in [-0.39, 0.29) is 17.1 Å². The van der Waals surface area contributed by atoms with Crippen LogP contribution in [0.15, 0.2) is 42.5 Å². The number of hydrogen-bond donors (Lipinski definition) is 1. The van der Waals surface area contributed by atoms with Crippen LogP contribution in [0.4, 0.5) is 8.78 Å². The van der Waals surface area contributed by atoms with E-state index in [1.54, 1.807) is 12.1 Å². The second-order valence-corrected chi connectivity index (χ2v) is 3.89. The standard InChI is InChI=1S/C14H12F2O2/c1-9(17)11-8-10(15)6-7-13(11)18-14-5-3-2-4-12(14)16/h2-9,17H,1H3. The van der Waals surface area contributed by atoms with E-state index >= 15 is 0 Å². The molecule has 0 saturated carbocycles. The lowest BCUT2D eigenvalue weighted by molar-refractivity contribution is 0.195. The summed E-state index contributed by atoms with van der Waals surface area (Å²) < 4.78 is 31.9. The van der Waals surface area contributed by atoms with Gasteiger partial charge in [0.25, 0.3) is 0 Å². The number of benzene rings is 2. The Hall–Kier alpha value is -1.94. The van der Waals surface area contributed by atoms with Crippen molar-refractivity contribution in [3.8, 4) is 11.5 Å². The third kappa shape index (κ3) is 2.65. The minimum Gasteiger partial charge on any atom is -0.454 e. The molecule has 2 nitrogen and oxygen atoms in total. The van der Waals surface area contributed by atoms with Gasteiger partial charge in [-0.15, -0.1) is 0 Å². The Kier molecular flexibility index (Phi) is 3.58. The highest BCUT2D eigenvalue weighted by atomic mass is 19.1. The molecule has 0 spiro atoms. The van der Waals surface area contributed by atoms with Gasteiger partial charge in [0.05, 0.1) is 6.10 Å². The predicted molar refractivity (Wildman–Crippen MR) is 63.5 cm³/mol. The van der Waals surface area contributed by atoms with Gasteiger partial charge in [0.15, 0.2) is 11.6 Å². The lowest BCUT2D eigenvalue weighted by Crippen LogP contribution is -1.98. The van der Waals surface area contributed by atoms with E-state index in [1.165, 1.54) is 37.3 Å². The van der Waals surface area contributed by atoms with Crippen LogP contribution >= 0.6 is 0 Å². The lowest BCUT2D eigenvalue weighted by Gasteiger charge is -2.13. The van der Waals surface area contributed by atoms with Crippen molar-refractivity contribution in [2.24, 2.45) is 0 Å². The topological polar surface area (TPSA) is 29.5 Å². The van der Waals surface area contributed by atoms with Crippen molar-refractivity contribution in [1.29, 1.82) is 0 Å². The van der Waals surface area contributed by atoms with Crippen molar-refractivity contribution in [2.45, 2.75) is 13.0 Å². The molecule has 1 unspecified atom stereocenters. The molecular formula is C14H12F2O2. The Morgan fingerprint density at radius 1 is 1.06 bits per heavy atom. The van der Waals surface area contributed by atoms with Gasteiger partial charge >= 0.3 is 0 Å². The average molecular weight is 250 g/mol. The minimum absolute atomic E-state index is 0.0333. The third-order valence-corrected chi connectivity index (χ3v) is 2.48. The van der Waals surface area contributed by atoms with Gasteiger partial charge < -0.3 is 9.84 Å². The van der Waals surface area contributed by atoms with Crippen LogP contribution in [-0.4, -0.2) is 5.11 Å². The molecule has 0 amide bonds. The maximum absolute atomic E-state index is 13.4. The summed E-state index contributed by atoms with van der Waals surface area (Å²) in [5.41, 5.74) is 0.276. The van der Waals surface area contributed by atoms with Crippen LogP contribution in [0.2, 0.25) is 0 Å². The van der Waals surface area contributed by atoms with Gasteiger partial charge in [0.2, 0.25) is 0 Å². The highest BCUT2D eigenvalue weighted by molar-refractivity contribution is 5.39. The molecule has 0 aliphatic rings. The van der Waals surface area contributed by atoms with E-state index < -0.39 is 17.7 Å². The van der Waals surface area contributed by atoms with Gasteiger partial charge in [-0.2, -0.15) is 0 Å². The fourth-order valence-electron chi connectivity index (χ4n) is 1.58. The normalized spacial score (nSPS) is 12.2. The van der Waals surface area contributed by atoms with E-state index in [0.29, 0.717) is 0 Å². The fourth-order valence-corrected chi connectivity index (χ4v) is 1.58. The van der Waals surface area contributed by atoms with Gasteiger partial charge in [-0.1, -0.05) is 12.1 Å². The third-order valence-electron chi connectivity index (χ3n) is 2.48. The summed E-state index contributed by atoms with van der Waals surface area (Å²) in [5, 5.41) is 9.54. The number of rotatable bonds is 3. The first-order chi connectivity index (χ1) is 8.58. The number of aliphatic hydroxyl groups excluding tert-OH is 1. The van der Waals surface area contributed by atoms with E-state index in [0.717, 1.165) is 0 Å². The molecule has 94 valence electrons. The Morgan fingerprint density at radius 3 is 2.44 bits per heavy atom. The summed E-state index contributed by atoms with van der Waals surface area (Å²) in [6.45, 7) is 1.49. The van der Waals surface area contributed by atoms with Crippen molar-refractivity contribution in [3.63, 3.8) is 0 Å².